The van der Waals surface area contributed by atoms with Crippen LogP contribution in [0.25, 0.3) is 10.2 Å². The molecule has 0 radical (unpaired) electrons. The Kier molecular flexibility index (Phi) is 4.89. The van der Waals surface area contributed by atoms with Crippen molar-refractivity contribution in [1.82, 2.24) is 15.3 Å². The van der Waals surface area contributed by atoms with Gasteiger partial charge in [0.1, 0.15) is 16.2 Å². The van der Waals surface area contributed by atoms with Gasteiger partial charge in [-0.3, -0.25) is 9.59 Å². The molecule has 0 bridgehead atoms. The summed E-state index contributed by atoms with van der Waals surface area (Å²) in [5.74, 6) is 0.870. The zero-order chi connectivity index (χ0) is 18.2. The number of nitriles is 1. The molecular formula is C17H20N4O2S2. The highest BCUT2D eigenvalue weighted by molar-refractivity contribution is 7.99. The van der Waals surface area contributed by atoms with Gasteiger partial charge in [-0.25, -0.2) is 4.98 Å². The van der Waals surface area contributed by atoms with Gasteiger partial charge in [-0.05, 0) is 45.6 Å². The minimum atomic E-state index is -0.677. The molecular weight excluding hydrogens is 356 g/mol. The summed E-state index contributed by atoms with van der Waals surface area (Å²) in [4.78, 5) is 33.7. The molecule has 2 aromatic heterocycles. The molecule has 1 fully saturated rings. The average Bonchev–Trinajstić information content (AvgIpc) is 2.83. The first kappa shape index (κ1) is 18.0. The second-order valence-electron chi connectivity index (χ2n) is 6.47. The van der Waals surface area contributed by atoms with E-state index in [2.05, 4.69) is 21.4 Å². The summed E-state index contributed by atoms with van der Waals surface area (Å²) < 4.78 is 0. The number of fused-ring (bicyclic) bond motifs is 1. The Morgan fingerprint density at radius 1 is 1.52 bits per heavy atom. The van der Waals surface area contributed by atoms with Crippen molar-refractivity contribution in [3.8, 4) is 6.07 Å². The van der Waals surface area contributed by atoms with E-state index in [-0.39, 0.29) is 16.7 Å². The van der Waals surface area contributed by atoms with Crippen LogP contribution in [0.1, 0.15) is 42.5 Å². The van der Waals surface area contributed by atoms with Gasteiger partial charge >= 0.3 is 0 Å². The molecule has 2 aromatic rings. The van der Waals surface area contributed by atoms with Crippen molar-refractivity contribution in [3.05, 3.63) is 26.6 Å². The Morgan fingerprint density at radius 3 is 2.84 bits per heavy atom. The lowest BCUT2D eigenvalue weighted by atomic mass is 9.78. The summed E-state index contributed by atoms with van der Waals surface area (Å²) in [7, 11) is 0. The molecule has 1 atom stereocenters. The number of amides is 1. The van der Waals surface area contributed by atoms with E-state index >= 15 is 0 Å². The predicted octanol–water partition coefficient (Wildman–Crippen LogP) is 2.79. The molecule has 132 valence electrons. The minimum Gasteiger partial charge on any atom is -0.337 e. The SMILES string of the molecule is Cc1sc2nc(CSC(C)C(=O)NC3(C#N)CCC3)[nH]c(=O)c2c1C. The Bertz CT molecular complexity index is 921. The lowest BCUT2D eigenvalue weighted by molar-refractivity contribution is -0.122. The fourth-order valence-corrected chi connectivity index (χ4v) is 4.58. The summed E-state index contributed by atoms with van der Waals surface area (Å²) in [6, 6.07) is 2.21. The van der Waals surface area contributed by atoms with E-state index < -0.39 is 5.54 Å². The molecule has 8 heteroatoms. The van der Waals surface area contributed by atoms with Crippen molar-refractivity contribution in [2.75, 3.05) is 0 Å². The van der Waals surface area contributed by atoms with Crippen LogP contribution in [0.3, 0.4) is 0 Å². The first-order chi connectivity index (χ1) is 11.8. The summed E-state index contributed by atoms with van der Waals surface area (Å²) >= 11 is 2.92. The number of aryl methyl sites for hydroxylation is 2. The van der Waals surface area contributed by atoms with Gasteiger partial charge in [-0.2, -0.15) is 5.26 Å². The molecule has 0 saturated heterocycles. The number of aromatic nitrogens is 2. The maximum atomic E-state index is 12.3. The second-order valence-corrected chi connectivity index (χ2v) is 9.00. The summed E-state index contributed by atoms with van der Waals surface area (Å²) in [5, 5.41) is 12.4. The van der Waals surface area contributed by atoms with Gasteiger partial charge in [0.15, 0.2) is 0 Å². The number of thioether (sulfide) groups is 1. The number of nitrogens with one attached hydrogen (secondary N) is 2. The predicted molar refractivity (Wildman–Crippen MR) is 101 cm³/mol. The van der Waals surface area contributed by atoms with Gasteiger partial charge in [0.05, 0.1) is 22.5 Å². The molecule has 1 saturated carbocycles. The summed E-state index contributed by atoms with van der Waals surface area (Å²) in [6.45, 7) is 5.71. The van der Waals surface area contributed by atoms with Crippen LogP contribution in [-0.2, 0) is 10.5 Å². The number of carbonyl (C=O) groups excluding carboxylic acids is 1. The van der Waals surface area contributed by atoms with Crippen molar-refractivity contribution in [2.24, 2.45) is 0 Å². The topological polar surface area (TPSA) is 98.6 Å². The summed E-state index contributed by atoms with van der Waals surface area (Å²) in [5.41, 5.74) is 0.170. The highest BCUT2D eigenvalue weighted by atomic mass is 32.2. The molecule has 1 aliphatic rings. The Labute approximate surface area is 154 Å². The van der Waals surface area contributed by atoms with Crippen molar-refractivity contribution in [3.63, 3.8) is 0 Å². The second kappa shape index (κ2) is 6.81. The number of hydrogen-bond donors (Lipinski definition) is 2. The third-order valence-corrected chi connectivity index (χ3v) is 6.97. The van der Waals surface area contributed by atoms with E-state index in [1.54, 1.807) is 6.92 Å². The fraction of sp³-hybridized carbons (Fsp3) is 0.529. The van der Waals surface area contributed by atoms with E-state index in [0.29, 0.717) is 17.0 Å². The van der Waals surface area contributed by atoms with E-state index in [1.807, 2.05) is 13.8 Å². The zero-order valence-corrected chi connectivity index (χ0v) is 16.1. The molecule has 1 amide bonds. The molecule has 25 heavy (non-hydrogen) atoms. The largest absolute Gasteiger partial charge is 0.337 e. The van der Waals surface area contributed by atoms with Gasteiger partial charge in [0.25, 0.3) is 5.56 Å². The van der Waals surface area contributed by atoms with Gasteiger partial charge in [-0.1, -0.05) is 0 Å². The molecule has 0 aromatic carbocycles. The normalized spacial score (nSPS) is 16.9. The monoisotopic (exact) mass is 376 g/mol. The summed E-state index contributed by atoms with van der Waals surface area (Å²) in [6.07, 6.45) is 2.41. The number of aromatic amines is 1. The molecule has 3 rings (SSSR count). The van der Waals surface area contributed by atoms with E-state index in [4.69, 9.17) is 0 Å². The van der Waals surface area contributed by atoms with Crippen molar-refractivity contribution in [1.29, 1.82) is 5.26 Å². The zero-order valence-electron chi connectivity index (χ0n) is 14.4. The van der Waals surface area contributed by atoms with Crippen LogP contribution in [-0.4, -0.2) is 26.7 Å². The van der Waals surface area contributed by atoms with Crippen LogP contribution in [0, 0.1) is 25.2 Å². The van der Waals surface area contributed by atoms with Crippen LogP contribution >= 0.6 is 23.1 Å². The first-order valence-corrected chi connectivity index (χ1v) is 10.1. The van der Waals surface area contributed by atoms with Crippen LogP contribution in [0.15, 0.2) is 4.79 Å². The maximum Gasteiger partial charge on any atom is 0.259 e. The molecule has 1 unspecified atom stereocenters. The Balaban J connectivity index is 1.67. The third-order valence-electron chi connectivity index (χ3n) is 4.71. The Hall–Kier alpha value is -1.85. The third kappa shape index (κ3) is 3.44. The minimum absolute atomic E-state index is 0.127. The van der Waals surface area contributed by atoms with E-state index in [9.17, 15) is 14.9 Å². The van der Waals surface area contributed by atoms with Crippen molar-refractivity contribution in [2.45, 2.75) is 56.6 Å². The smallest absolute Gasteiger partial charge is 0.259 e. The van der Waals surface area contributed by atoms with E-state index in [0.717, 1.165) is 34.5 Å². The van der Waals surface area contributed by atoms with Gasteiger partial charge in [-0.15, -0.1) is 23.1 Å². The molecule has 1 aliphatic carbocycles. The highest BCUT2D eigenvalue weighted by Gasteiger charge is 2.39. The maximum absolute atomic E-state index is 12.3. The average molecular weight is 377 g/mol. The van der Waals surface area contributed by atoms with Crippen molar-refractivity contribution >= 4 is 39.2 Å². The lowest BCUT2D eigenvalue weighted by Crippen LogP contribution is -2.54. The fourth-order valence-electron chi connectivity index (χ4n) is 2.78. The number of nitrogens with zero attached hydrogens (tertiary/aromatic N) is 2. The lowest BCUT2D eigenvalue weighted by Gasteiger charge is -2.36. The number of thiophene rings is 1. The Morgan fingerprint density at radius 2 is 2.24 bits per heavy atom. The van der Waals surface area contributed by atoms with Gasteiger partial charge < -0.3 is 10.3 Å². The molecule has 2 N–H and O–H groups in total. The van der Waals surface area contributed by atoms with Crippen molar-refractivity contribution < 1.29 is 4.79 Å². The standard InChI is InChI=1S/C17H20N4O2S2/c1-9-10(2)25-16-13(9)15(23)19-12(20-16)7-24-11(3)14(22)21-17(8-18)5-4-6-17/h11H,4-7H2,1-3H3,(H,21,22)(H,19,20,23). The van der Waals surface area contributed by atoms with Gasteiger partial charge in [0, 0.05) is 4.88 Å². The van der Waals surface area contributed by atoms with Crippen LogP contribution < -0.4 is 10.9 Å². The number of H-pyrrole nitrogens is 1. The number of carbonyl (C=O) groups is 1. The molecule has 0 aliphatic heterocycles. The van der Waals surface area contributed by atoms with Crippen LogP contribution in [0.5, 0.6) is 0 Å². The number of rotatable bonds is 5. The molecule has 2 heterocycles. The van der Waals surface area contributed by atoms with Crippen LogP contribution in [0.4, 0.5) is 0 Å². The first-order valence-electron chi connectivity index (χ1n) is 8.19. The highest BCUT2D eigenvalue weighted by Crippen LogP contribution is 2.31. The molecule has 0 spiro atoms. The number of hydrogen-bond acceptors (Lipinski definition) is 6. The quantitative estimate of drug-likeness (QED) is 0.836. The molecule has 6 nitrogen and oxygen atoms in total. The van der Waals surface area contributed by atoms with Crippen LogP contribution in [0.2, 0.25) is 0 Å². The van der Waals surface area contributed by atoms with E-state index in [1.165, 1.54) is 23.1 Å². The van der Waals surface area contributed by atoms with Gasteiger partial charge in [0.2, 0.25) is 5.91 Å².